The molecule has 1 aromatic carbocycles. The van der Waals surface area contributed by atoms with E-state index in [0.29, 0.717) is 12.0 Å². The van der Waals surface area contributed by atoms with Gasteiger partial charge in [0.2, 0.25) is 0 Å². The first-order valence-corrected chi connectivity index (χ1v) is 4.95. The van der Waals surface area contributed by atoms with Crippen LogP contribution in [0.1, 0.15) is 30.4 Å². The molecule has 0 radical (unpaired) electrons. The van der Waals surface area contributed by atoms with Gasteiger partial charge < -0.3 is 5.11 Å². The minimum absolute atomic E-state index is 0.0863. The number of para-hydroxylation sites is 1. The van der Waals surface area contributed by atoms with Crippen LogP contribution in [0.15, 0.2) is 18.2 Å². The van der Waals surface area contributed by atoms with Gasteiger partial charge in [-0.1, -0.05) is 25.1 Å². The second-order valence-corrected chi connectivity index (χ2v) is 3.57. The summed E-state index contributed by atoms with van der Waals surface area (Å²) in [6.45, 7) is 3.31. The van der Waals surface area contributed by atoms with Crippen LogP contribution in [-0.2, 0) is 4.79 Å². The molecule has 1 unspecified atom stereocenters. The number of rotatable bonds is 4. The number of nitro groups is 1. The summed E-state index contributed by atoms with van der Waals surface area (Å²) in [7, 11) is 0. The SMILES string of the molecule is CCC(C(=O)O)c1cccc(C)c1[N+](=O)[O-]. The van der Waals surface area contributed by atoms with Gasteiger partial charge in [-0.25, -0.2) is 0 Å². The van der Waals surface area contributed by atoms with Gasteiger partial charge in [0.1, 0.15) is 0 Å². The number of nitro benzene ring substituents is 1. The average molecular weight is 223 g/mol. The molecule has 0 aliphatic rings. The molecule has 0 aliphatic carbocycles. The summed E-state index contributed by atoms with van der Waals surface area (Å²) in [5, 5.41) is 19.9. The van der Waals surface area contributed by atoms with Gasteiger partial charge in [-0.2, -0.15) is 0 Å². The largest absolute Gasteiger partial charge is 0.481 e. The van der Waals surface area contributed by atoms with E-state index < -0.39 is 16.8 Å². The van der Waals surface area contributed by atoms with Crippen LogP contribution in [0, 0.1) is 17.0 Å². The number of carboxylic acid groups (broad SMARTS) is 1. The first-order chi connectivity index (χ1) is 7.49. The van der Waals surface area contributed by atoms with E-state index in [-0.39, 0.29) is 11.3 Å². The number of hydrogen-bond donors (Lipinski definition) is 1. The fourth-order valence-corrected chi connectivity index (χ4v) is 1.74. The zero-order chi connectivity index (χ0) is 12.3. The number of nitrogens with zero attached hydrogens (tertiary/aromatic N) is 1. The predicted octanol–water partition coefficient (Wildman–Crippen LogP) is 2.48. The van der Waals surface area contributed by atoms with Crippen LogP contribution in [0.25, 0.3) is 0 Å². The van der Waals surface area contributed by atoms with Crippen LogP contribution >= 0.6 is 0 Å². The van der Waals surface area contributed by atoms with Crippen molar-refractivity contribution in [3.05, 3.63) is 39.4 Å². The Morgan fingerprint density at radius 3 is 2.62 bits per heavy atom. The third kappa shape index (κ3) is 2.18. The lowest BCUT2D eigenvalue weighted by Gasteiger charge is -2.11. The van der Waals surface area contributed by atoms with Crippen LogP contribution in [0.3, 0.4) is 0 Å². The molecule has 0 fully saturated rings. The van der Waals surface area contributed by atoms with Crippen molar-refractivity contribution in [1.82, 2.24) is 0 Å². The summed E-state index contributed by atoms with van der Waals surface area (Å²) >= 11 is 0. The van der Waals surface area contributed by atoms with Crippen molar-refractivity contribution in [3.8, 4) is 0 Å². The summed E-state index contributed by atoms with van der Waals surface area (Å²) in [5.41, 5.74) is 0.680. The molecular formula is C11H13NO4. The molecule has 86 valence electrons. The van der Waals surface area contributed by atoms with Crippen LogP contribution in [-0.4, -0.2) is 16.0 Å². The molecule has 16 heavy (non-hydrogen) atoms. The number of benzene rings is 1. The lowest BCUT2D eigenvalue weighted by molar-refractivity contribution is -0.386. The summed E-state index contributed by atoms with van der Waals surface area (Å²) in [5.74, 6) is -1.85. The minimum atomic E-state index is -1.03. The standard InChI is InChI=1S/C11H13NO4/c1-3-8(11(13)14)9-6-4-5-7(2)10(9)12(15)16/h4-6,8H,3H2,1-2H3,(H,13,14). The van der Waals surface area contributed by atoms with Crippen molar-refractivity contribution >= 4 is 11.7 Å². The molecule has 0 spiro atoms. The molecule has 0 aromatic heterocycles. The van der Waals surface area contributed by atoms with Gasteiger partial charge in [-0.3, -0.25) is 14.9 Å². The topological polar surface area (TPSA) is 80.4 Å². The van der Waals surface area contributed by atoms with E-state index in [1.807, 2.05) is 0 Å². The second kappa shape index (κ2) is 4.74. The normalized spacial score (nSPS) is 12.1. The molecule has 0 bridgehead atoms. The van der Waals surface area contributed by atoms with E-state index in [4.69, 9.17) is 5.11 Å². The monoisotopic (exact) mass is 223 g/mol. The van der Waals surface area contributed by atoms with E-state index in [9.17, 15) is 14.9 Å². The van der Waals surface area contributed by atoms with Crippen LogP contribution < -0.4 is 0 Å². The van der Waals surface area contributed by atoms with E-state index in [2.05, 4.69) is 0 Å². The lowest BCUT2D eigenvalue weighted by Crippen LogP contribution is -2.13. The van der Waals surface area contributed by atoms with Gasteiger partial charge >= 0.3 is 5.97 Å². The summed E-state index contributed by atoms with van der Waals surface area (Å²) in [4.78, 5) is 21.4. The molecule has 5 heteroatoms. The predicted molar refractivity (Wildman–Crippen MR) is 58.5 cm³/mol. The number of carboxylic acids is 1. The molecule has 0 saturated carbocycles. The molecule has 1 aromatic rings. The maximum atomic E-state index is 11.0. The van der Waals surface area contributed by atoms with Crippen molar-refractivity contribution in [2.75, 3.05) is 0 Å². The van der Waals surface area contributed by atoms with Crippen molar-refractivity contribution in [2.45, 2.75) is 26.2 Å². The zero-order valence-corrected chi connectivity index (χ0v) is 9.14. The van der Waals surface area contributed by atoms with Gasteiger partial charge in [0.25, 0.3) is 5.69 Å². The number of aryl methyl sites for hydroxylation is 1. The summed E-state index contributed by atoms with van der Waals surface area (Å²) < 4.78 is 0. The van der Waals surface area contributed by atoms with Crippen LogP contribution in [0.4, 0.5) is 5.69 Å². The van der Waals surface area contributed by atoms with Crippen LogP contribution in [0.5, 0.6) is 0 Å². The fourth-order valence-electron chi connectivity index (χ4n) is 1.74. The molecule has 0 heterocycles. The molecular weight excluding hydrogens is 210 g/mol. The molecule has 1 atom stereocenters. The molecule has 5 nitrogen and oxygen atoms in total. The van der Waals surface area contributed by atoms with Gasteiger partial charge in [0, 0.05) is 11.1 Å². The van der Waals surface area contributed by atoms with Gasteiger partial charge in [-0.05, 0) is 13.3 Å². The van der Waals surface area contributed by atoms with E-state index in [1.54, 1.807) is 26.0 Å². The Kier molecular flexibility index (Phi) is 3.60. The Hall–Kier alpha value is -1.91. The van der Waals surface area contributed by atoms with Crippen LogP contribution in [0.2, 0.25) is 0 Å². The maximum Gasteiger partial charge on any atom is 0.311 e. The first-order valence-electron chi connectivity index (χ1n) is 4.95. The highest BCUT2D eigenvalue weighted by Gasteiger charge is 2.27. The number of aliphatic carboxylic acids is 1. The molecule has 1 N–H and O–H groups in total. The molecule has 0 aliphatic heterocycles. The Labute approximate surface area is 92.9 Å². The van der Waals surface area contributed by atoms with Crippen molar-refractivity contribution in [1.29, 1.82) is 0 Å². The molecule has 0 amide bonds. The average Bonchev–Trinajstić information content (AvgIpc) is 2.17. The van der Waals surface area contributed by atoms with Gasteiger partial charge in [0.15, 0.2) is 0 Å². The van der Waals surface area contributed by atoms with Crippen molar-refractivity contribution in [3.63, 3.8) is 0 Å². The smallest absolute Gasteiger partial charge is 0.311 e. The quantitative estimate of drug-likeness (QED) is 0.628. The summed E-state index contributed by atoms with van der Waals surface area (Å²) in [6, 6.07) is 4.76. The highest BCUT2D eigenvalue weighted by Crippen LogP contribution is 2.31. The number of carbonyl (C=O) groups is 1. The van der Waals surface area contributed by atoms with Gasteiger partial charge in [-0.15, -0.1) is 0 Å². The van der Waals surface area contributed by atoms with Gasteiger partial charge in [0.05, 0.1) is 10.8 Å². The summed E-state index contributed by atoms with van der Waals surface area (Å²) in [6.07, 6.45) is 0.333. The van der Waals surface area contributed by atoms with Crippen molar-refractivity contribution < 1.29 is 14.8 Å². The van der Waals surface area contributed by atoms with Crippen molar-refractivity contribution in [2.24, 2.45) is 0 Å². The number of hydrogen-bond acceptors (Lipinski definition) is 3. The Morgan fingerprint density at radius 1 is 1.56 bits per heavy atom. The van der Waals surface area contributed by atoms with E-state index in [1.165, 1.54) is 6.07 Å². The minimum Gasteiger partial charge on any atom is -0.481 e. The fraction of sp³-hybridized carbons (Fsp3) is 0.364. The Balaban J connectivity index is 3.37. The highest BCUT2D eigenvalue weighted by atomic mass is 16.6. The molecule has 1 rings (SSSR count). The maximum absolute atomic E-state index is 11.0. The zero-order valence-electron chi connectivity index (χ0n) is 9.14. The second-order valence-electron chi connectivity index (χ2n) is 3.57. The third-order valence-corrected chi connectivity index (χ3v) is 2.53. The Bertz CT molecular complexity index is 428. The van der Waals surface area contributed by atoms with E-state index >= 15 is 0 Å². The highest BCUT2D eigenvalue weighted by molar-refractivity contribution is 5.78. The Morgan fingerprint density at radius 2 is 2.19 bits per heavy atom. The lowest BCUT2D eigenvalue weighted by atomic mass is 9.93. The first kappa shape index (κ1) is 12.2. The molecule has 0 saturated heterocycles. The third-order valence-electron chi connectivity index (χ3n) is 2.53. The van der Waals surface area contributed by atoms with E-state index in [0.717, 1.165) is 0 Å².